The van der Waals surface area contributed by atoms with E-state index in [0.29, 0.717) is 5.56 Å². The van der Waals surface area contributed by atoms with Gasteiger partial charge in [0.1, 0.15) is 6.04 Å². The molecule has 0 aromatic heterocycles. The Hall–Kier alpha value is -3.67. The lowest BCUT2D eigenvalue weighted by atomic mass is 10.0. The third-order valence-corrected chi connectivity index (χ3v) is 4.38. The summed E-state index contributed by atoms with van der Waals surface area (Å²) >= 11 is 0. The van der Waals surface area contributed by atoms with Crippen LogP contribution in [0.2, 0.25) is 0 Å². The molecule has 0 aliphatic carbocycles. The van der Waals surface area contributed by atoms with Crippen molar-refractivity contribution in [3.63, 3.8) is 0 Å². The molecule has 3 aromatic carbocycles. The van der Waals surface area contributed by atoms with Crippen LogP contribution in [0.15, 0.2) is 72.8 Å². The number of primary amides is 1. The molecule has 3 rings (SSSR count). The minimum atomic E-state index is -0.859. The first-order valence-corrected chi connectivity index (χ1v) is 8.92. The molecule has 1 atom stereocenters. The van der Waals surface area contributed by atoms with Crippen LogP contribution >= 0.6 is 0 Å². The quantitative estimate of drug-likeness (QED) is 0.587. The van der Waals surface area contributed by atoms with E-state index in [1.54, 1.807) is 30.3 Å². The molecular formula is C22H21N3O3. The lowest BCUT2D eigenvalue weighted by Gasteiger charge is -2.16. The summed E-state index contributed by atoms with van der Waals surface area (Å²) in [5.41, 5.74) is 6.79. The van der Waals surface area contributed by atoms with E-state index < -0.39 is 17.9 Å². The highest BCUT2D eigenvalue weighted by Crippen LogP contribution is 2.16. The molecule has 3 aromatic rings. The Morgan fingerprint density at radius 3 is 2.25 bits per heavy atom. The van der Waals surface area contributed by atoms with Crippen molar-refractivity contribution in [3.05, 3.63) is 83.9 Å². The number of carbonyl (C=O) groups is 3. The van der Waals surface area contributed by atoms with Crippen LogP contribution in [-0.2, 0) is 16.0 Å². The van der Waals surface area contributed by atoms with E-state index in [9.17, 15) is 14.4 Å². The summed E-state index contributed by atoms with van der Waals surface area (Å²) < 4.78 is 0. The van der Waals surface area contributed by atoms with Crippen LogP contribution in [0.3, 0.4) is 0 Å². The van der Waals surface area contributed by atoms with Gasteiger partial charge < -0.3 is 16.4 Å². The normalized spacial score (nSPS) is 11.6. The number of carbonyl (C=O) groups excluding carboxylic acids is 3. The van der Waals surface area contributed by atoms with Crippen molar-refractivity contribution < 1.29 is 14.4 Å². The first kappa shape index (κ1) is 19.1. The topological polar surface area (TPSA) is 101 Å². The predicted molar refractivity (Wildman–Crippen MR) is 108 cm³/mol. The number of benzene rings is 3. The number of hydrogen-bond acceptors (Lipinski definition) is 3. The van der Waals surface area contributed by atoms with Gasteiger partial charge in [-0.2, -0.15) is 0 Å². The van der Waals surface area contributed by atoms with Crippen molar-refractivity contribution in [3.8, 4) is 0 Å². The van der Waals surface area contributed by atoms with Gasteiger partial charge in [0, 0.05) is 12.0 Å². The highest BCUT2D eigenvalue weighted by molar-refractivity contribution is 5.97. The lowest BCUT2D eigenvalue weighted by Crippen LogP contribution is -2.49. The van der Waals surface area contributed by atoms with Crippen LogP contribution in [0, 0.1) is 0 Å². The van der Waals surface area contributed by atoms with Gasteiger partial charge in [-0.25, -0.2) is 0 Å². The van der Waals surface area contributed by atoms with Gasteiger partial charge in [-0.05, 0) is 28.5 Å². The standard InChI is InChI=1S/C22H21N3O3/c23-21(27)19(13-15-10-11-16-6-4-5-9-18(16)12-15)25-20(26)14-24-22(28)17-7-2-1-3-8-17/h1-12,19H,13-14H2,(H2,23,27)(H,24,28)(H,25,26)/t19-/m1/s1. The zero-order valence-corrected chi connectivity index (χ0v) is 15.2. The minimum absolute atomic E-state index is 0.241. The molecule has 0 heterocycles. The summed E-state index contributed by atoms with van der Waals surface area (Å²) in [5.74, 6) is -1.47. The average molecular weight is 375 g/mol. The molecule has 28 heavy (non-hydrogen) atoms. The Balaban J connectivity index is 1.59. The molecule has 0 radical (unpaired) electrons. The summed E-state index contributed by atoms with van der Waals surface area (Å²) in [7, 11) is 0. The number of nitrogens with one attached hydrogen (secondary N) is 2. The summed E-state index contributed by atoms with van der Waals surface area (Å²) in [6, 6.07) is 21.4. The summed E-state index contributed by atoms with van der Waals surface area (Å²) in [4.78, 5) is 35.9. The first-order chi connectivity index (χ1) is 13.5. The Labute approximate surface area is 162 Å². The third-order valence-electron chi connectivity index (χ3n) is 4.38. The van der Waals surface area contributed by atoms with E-state index in [0.717, 1.165) is 16.3 Å². The zero-order valence-electron chi connectivity index (χ0n) is 15.2. The molecule has 0 bridgehead atoms. The predicted octanol–water partition coefficient (Wildman–Crippen LogP) is 1.78. The molecule has 6 heteroatoms. The van der Waals surface area contributed by atoms with Crippen molar-refractivity contribution >= 4 is 28.5 Å². The van der Waals surface area contributed by atoms with Gasteiger partial charge >= 0.3 is 0 Å². The zero-order chi connectivity index (χ0) is 19.9. The fourth-order valence-electron chi connectivity index (χ4n) is 2.92. The second-order valence-electron chi connectivity index (χ2n) is 6.46. The highest BCUT2D eigenvalue weighted by Gasteiger charge is 2.19. The van der Waals surface area contributed by atoms with Crippen molar-refractivity contribution in [2.75, 3.05) is 6.54 Å². The Bertz CT molecular complexity index is 1000. The largest absolute Gasteiger partial charge is 0.368 e. The molecule has 0 aliphatic rings. The number of rotatable bonds is 7. The van der Waals surface area contributed by atoms with Crippen molar-refractivity contribution in [2.24, 2.45) is 5.73 Å². The van der Waals surface area contributed by atoms with Gasteiger partial charge in [-0.1, -0.05) is 60.7 Å². The van der Waals surface area contributed by atoms with E-state index in [1.807, 2.05) is 42.5 Å². The van der Waals surface area contributed by atoms with Gasteiger partial charge in [0.05, 0.1) is 6.54 Å². The molecular weight excluding hydrogens is 354 g/mol. The van der Waals surface area contributed by atoms with Crippen LogP contribution < -0.4 is 16.4 Å². The van der Waals surface area contributed by atoms with Crippen LogP contribution in [0.4, 0.5) is 0 Å². The van der Waals surface area contributed by atoms with Crippen molar-refractivity contribution in [2.45, 2.75) is 12.5 Å². The van der Waals surface area contributed by atoms with Crippen molar-refractivity contribution in [1.29, 1.82) is 0 Å². The van der Waals surface area contributed by atoms with E-state index >= 15 is 0 Å². The molecule has 0 fully saturated rings. The second-order valence-corrected chi connectivity index (χ2v) is 6.46. The minimum Gasteiger partial charge on any atom is -0.368 e. The SMILES string of the molecule is NC(=O)[C@@H](Cc1ccc2ccccc2c1)NC(=O)CNC(=O)c1ccccc1. The number of hydrogen-bond donors (Lipinski definition) is 3. The lowest BCUT2D eigenvalue weighted by molar-refractivity contribution is -0.126. The highest BCUT2D eigenvalue weighted by atomic mass is 16.2. The smallest absolute Gasteiger partial charge is 0.251 e. The van der Waals surface area contributed by atoms with Crippen molar-refractivity contribution in [1.82, 2.24) is 10.6 Å². The monoisotopic (exact) mass is 375 g/mol. The maximum atomic E-state index is 12.2. The Kier molecular flexibility index (Phi) is 6.01. The third kappa shape index (κ3) is 4.94. The van der Waals surface area contributed by atoms with Gasteiger partial charge in [0.25, 0.3) is 5.91 Å². The van der Waals surface area contributed by atoms with Crippen LogP contribution in [-0.4, -0.2) is 30.3 Å². The van der Waals surface area contributed by atoms with Crippen LogP contribution in [0.1, 0.15) is 15.9 Å². The van der Waals surface area contributed by atoms with Crippen LogP contribution in [0.5, 0.6) is 0 Å². The molecule has 142 valence electrons. The Morgan fingerprint density at radius 1 is 0.857 bits per heavy atom. The van der Waals surface area contributed by atoms with Crippen LogP contribution in [0.25, 0.3) is 10.8 Å². The van der Waals surface area contributed by atoms with Gasteiger partial charge in [0.2, 0.25) is 11.8 Å². The molecule has 0 saturated carbocycles. The summed E-state index contributed by atoms with van der Waals surface area (Å²) in [6.07, 6.45) is 0.276. The maximum absolute atomic E-state index is 12.2. The van der Waals surface area contributed by atoms with E-state index in [-0.39, 0.29) is 18.9 Å². The molecule has 0 saturated heterocycles. The molecule has 3 amide bonds. The van der Waals surface area contributed by atoms with E-state index in [1.165, 1.54) is 0 Å². The maximum Gasteiger partial charge on any atom is 0.251 e. The van der Waals surface area contributed by atoms with Gasteiger partial charge in [-0.3, -0.25) is 14.4 Å². The fourth-order valence-corrected chi connectivity index (χ4v) is 2.92. The van der Waals surface area contributed by atoms with Gasteiger partial charge in [0.15, 0.2) is 0 Å². The summed E-state index contributed by atoms with van der Waals surface area (Å²) in [5, 5.41) is 7.26. The number of nitrogens with two attached hydrogens (primary N) is 1. The molecule has 0 unspecified atom stereocenters. The number of amides is 3. The molecule has 0 spiro atoms. The summed E-state index contributed by atoms with van der Waals surface area (Å²) in [6.45, 7) is -0.241. The molecule has 4 N–H and O–H groups in total. The van der Waals surface area contributed by atoms with E-state index in [4.69, 9.17) is 5.73 Å². The van der Waals surface area contributed by atoms with Gasteiger partial charge in [-0.15, -0.1) is 0 Å². The second kappa shape index (κ2) is 8.81. The fraction of sp³-hybridized carbons (Fsp3) is 0.136. The molecule has 0 aliphatic heterocycles. The van der Waals surface area contributed by atoms with E-state index in [2.05, 4.69) is 10.6 Å². The Morgan fingerprint density at radius 2 is 1.54 bits per heavy atom. The average Bonchev–Trinajstić information content (AvgIpc) is 2.72. The first-order valence-electron chi connectivity index (χ1n) is 8.92. The molecule has 6 nitrogen and oxygen atoms in total. The number of fused-ring (bicyclic) bond motifs is 1.